The number of halogens is 2. The highest BCUT2D eigenvalue weighted by Gasteiger charge is 2.37. The second-order valence-electron chi connectivity index (χ2n) is 7.43. The predicted octanol–water partition coefficient (Wildman–Crippen LogP) is 2.74. The molecule has 6 heteroatoms. The summed E-state index contributed by atoms with van der Waals surface area (Å²) in [4.78, 5) is 14.0. The molecule has 1 saturated carbocycles. The third kappa shape index (κ3) is 5.22. The Morgan fingerprint density at radius 2 is 1.78 bits per heavy atom. The number of nitrogens with one attached hydrogen (secondary N) is 2. The van der Waals surface area contributed by atoms with E-state index in [-0.39, 0.29) is 24.8 Å². The lowest BCUT2D eigenvalue weighted by molar-refractivity contribution is -0.127. The molecule has 1 aliphatic carbocycles. The van der Waals surface area contributed by atoms with Gasteiger partial charge in [-0.15, -0.1) is 24.8 Å². The van der Waals surface area contributed by atoms with Gasteiger partial charge in [0, 0.05) is 31.6 Å². The summed E-state index contributed by atoms with van der Waals surface area (Å²) in [5.74, 6) is 0.347. The maximum Gasteiger partial charge on any atom is 0.224 e. The fourth-order valence-electron chi connectivity index (χ4n) is 4.56. The Morgan fingerprint density at radius 3 is 2.39 bits per heavy atom. The molecule has 4 nitrogen and oxygen atoms in total. The molecule has 0 aromatic carbocycles. The summed E-state index contributed by atoms with van der Waals surface area (Å²) in [6.45, 7) is 6.42. The Bertz CT molecular complexity index is 365. The second kappa shape index (κ2) is 9.45. The van der Waals surface area contributed by atoms with Crippen molar-refractivity contribution in [2.24, 2.45) is 5.41 Å². The highest BCUT2D eigenvalue weighted by molar-refractivity contribution is 5.85. The van der Waals surface area contributed by atoms with E-state index in [1.165, 1.54) is 51.6 Å². The molecule has 0 aromatic heterocycles. The zero-order valence-electron chi connectivity index (χ0n) is 14.3. The third-order valence-corrected chi connectivity index (χ3v) is 5.89. The smallest absolute Gasteiger partial charge is 0.224 e. The van der Waals surface area contributed by atoms with Crippen LogP contribution in [-0.4, -0.2) is 49.1 Å². The topological polar surface area (TPSA) is 44.4 Å². The second-order valence-corrected chi connectivity index (χ2v) is 7.43. The molecule has 1 unspecified atom stereocenters. The Hall–Kier alpha value is -0.0300. The van der Waals surface area contributed by atoms with Crippen molar-refractivity contribution >= 4 is 30.7 Å². The van der Waals surface area contributed by atoms with Crippen LogP contribution < -0.4 is 10.6 Å². The van der Waals surface area contributed by atoms with Gasteiger partial charge in [0.2, 0.25) is 5.91 Å². The Kier molecular flexibility index (Phi) is 8.64. The van der Waals surface area contributed by atoms with E-state index >= 15 is 0 Å². The van der Waals surface area contributed by atoms with Crippen molar-refractivity contribution in [3.63, 3.8) is 0 Å². The highest BCUT2D eigenvalue weighted by atomic mass is 35.5. The zero-order valence-corrected chi connectivity index (χ0v) is 15.9. The minimum atomic E-state index is 0. The van der Waals surface area contributed by atoms with Crippen molar-refractivity contribution in [1.29, 1.82) is 0 Å². The van der Waals surface area contributed by atoms with Crippen molar-refractivity contribution in [3.8, 4) is 0 Å². The van der Waals surface area contributed by atoms with Crippen molar-refractivity contribution in [2.45, 2.75) is 70.4 Å². The molecule has 1 atom stereocenters. The fourth-order valence-corrected chi connectivity index (χ4v) is 4.56. The van der Waals surface area contributed by atoms with Gasteiger partial charge in [-0.2, -0.15) is 0 Å². The number of amides is 1. The minimum Gasteiger partial charge on any atom is -0.341 e. The molecule has 3 aliphatic rings. The molecular weight excluding hydrogens is 333 g/mol. The predicted molar refractivity (Wildman–Crippen MR) is 99.7 cm³/mol. The first-order chi connectivity index (χ1) is 10.2. The summed E-state index contributed by atoms with van der Waals surface area (Å²) >= 11 is 0. The lowest BCUT2D eigenvalue weighted by Crippen LogP contribution is -2.46. The number of carbonyl (C=O) groups excluding carboxylic acids is 1. The van der Waals surface area contributed by atoms with Crippen LogP contribution in [0.15, 0.2) is 0 Å². The highest BCUT2D eigenvalue weighted by Crippen LogP contribution is 2.43. The number of likely N-dealkylation sites (tertiary alicyclic amines) is 1. The monoisotopic (exact) mass is 365 g/mol. The van der Waals surface area contributed by atoms with Crippen LogP contribution in [0.1, 0.15) is 58.3 Å². The van der Waals surface area contributed by atoms with Crippen molar-refractivity contribution < 1.29 is 4.79 Å². The average Bonchev–Trinajstić information content (AvgIpc) is 2.83. The van der Waals surface area contributed by atoms with Gasteiger partial charge < -0.3 is 15.5 Å². The molecule has 0 radical (unpaired) electrons. The molecule has 0 bridgehead atoms. The molecule has 1 spiro atoms. The summed E-state index contributed by atoms with van der Waals surface area (Å²) in [5, 5.41) is 7.27. The molecular formula is C17H33Cl2N3O. The molecule has 2 N–H and O–H groups in total. The number of nitrogens with zero attached hydrogens (tertiary/aromatic N) is 1. The van der Waals surface area contributed by atoms with Gasteiger partial charge in [-0.3, -0.25) is 4.79 Å². The van der Waals surface area contributed by atoms with Crippen LogP contribution in [0, 0.1) is 5.41 Å². The first-order valence-corrected chi connectivity index (χ1v) is 8.95. The number of hydrogen-bond donors (Lipinski definition) is 2. The lowest BCUT2D eigenvalue weighted by atomic mass is 9.67. The maximum absolute atomic E-state index is 11.9. The van der Waals surface area contributed by atoms with E-state index in [0.717, 1.165) is 19.5 Å². The summed E-state index contributed by atoms with van der Waals surface area (Å²) < 4.78 is 0. The molecule has 2 heterocycles. The summed E-state index contributed by atoms with van der Waals surface area (Å²) in [5.41, 5.74) is 0.642. The van der Waals surface area contributed by atoms with Gasteiger partial charge in [0.25, 0.3) is 0 Å². The molecule has 23 heavy (non-hydrogen) atoms. The molecule has 2 saturated heterocycles. The van der Waals surface area contributed by atoms with E-state index in [1.807, 2.05) is 4.90 Å². The fraction of sp³-hybridized carbons (Fsp3) is 0.941. The molecule has 3 fully saturated rings. The van der Waals surface area contributed by atoms with E-state index < -0.39 is 0 Å². The first kappa shape index (κ1) is 21.0. The van der Waals surface area contributed by atoms with E-state index in [4.69, 9.17) is 0 Å². The molecule has 0 aromatic rings. The number of rotatable bonds is 4. The van der Waals surface area contributed by atoms with Gasteiger partial charge in [-0.1, -0.05) is 6.92 Å². The van der Waals surface area contributed by atoms with Crippen LogP contribution in [0.5, 0.6) is 0 Å². The lowest BCUT2D eigenvalue weighted by Gasteiger charge is -2.43. The van der Waals surface area contributed by atoms with Crippen LogP contribution in [-0.2, 0) is 4.79 Å². The van der Waals surface area contributed by atoms with Crippen molar-refractivity contribution in [1.82, 2.24) is 15.5 Å². The molecule has 3 rings (SSSR count). The van der Waals surface area contributed by atoms with Gasteiger partial charge in [-0.25, -0.2) is 0 Å². The minimum absolute atomic E-state index is 0. The standard InChI is InChI=1S/C17H31N3O.2ClH/c1-2-11-20-13-15(12-16(20)21)19-14-3-5-17(6-4-14)7-9-18-10-8-17;;/h14-15,18-19H,2-13H2,1H3;2*1H. The largest absolute Gasteiger partial charge is 0.341 e. The van der Waals surface area contributed by atoms with Crippen LogP contribution in [0.2, 0.25) is 0 Å². The Labute approximate surface area is 153 Å². The molecule has 1 amide bonds. The van der Waals surface area contributed by atoms with Crippen LogP contribution in [0.4, 0.5) is 0 Å². The quantitative estimate of drug-likeness (QED) is 0.804. The maximum atomic E-state index is 11.9. The summed E-state index contributed by atoms with van der Waals surface area (Å²) in [6, 6.07) is 1.04. The van der Waals surface area contributed by atoms with Crippen LogP contribution >= 0.6 is 24.8 Å². The SMILES string of the molecule is CCCN1CC(NC2CCC3(CCNCC3)CC2)CC1=O.Cl.Cl. The third-order valence-electron chi connectivity index (χ3n) is 5.89. The number of piperidine rings is 1. The van der Waals surface area contributed by atoms with Crippen molar-refractivity contribution in [3.05, 3.63) is 0 Å². The van der Waals surface area contributed by atoms with Gasteiger partial charge in [0.15, 0.2) is 0 Å². The van der Waals surface area contributed by atoms with Crippen LogP contribution in [0.3, 0.4) is 0 Å². The van der Waals surface area contributed by atoms with E-state index in [9.17, 15) is 4.79 Å². The molecule has 136 valence electrons. The first-order valence-electron chi connectivity index (χ1n) is 8.95. The van der Waals surface area contributed by atoms with Crippen molar-refractivity contribution in [2.75, 3.05) is 26.2 Å². The normalized spacial score (nSPS) is 27.6. The Balaban J connectivity index is 0.00000132. The van der Waals surface area contributed by atoms with E-state index in [2.05, 4.69) is 17.6 Å². The summed E-state index contributed by atoms with van der Waals surface area (Å²) in [7, 11) is 0. The summed E-state index contributed by atoms with van der Waals surface area (Å²) in [6.07, 6.45) is 9.89. The average molecular weight is 366 g/mol. The Morgan fingerprint density at radius 1 is 1.13 bits per heavy atom. The van der Waals surface area contributed by atoms with E-state index in [1.54, 1.807) is 0 Å². The number of hydrogen-bond acceptors (Lipinski definition) is 3. The van der Waals surface area contributed by atoms with Crippen LogP contribution in [0.25, 0.3) is 0 Å². The van der Waals surface area contributed by atoms with Gasteiger partial charge >= 0.3 is 0 Å². The molecule has 2 aliphatic heterocycles. The number of carbonyl (C=O) groups is 1. The van der Waals surface area contributed by atoms with Gasteiger partial charge in [0.1, 0.15) is 0 Å². The zero-order chi connectivity index (χ0) is 14.7. The van der Waals surface area contributed by atoms with Gasteiger partial charge in [-0.05, 0) is 63.5 Å². The van der Waals surface area contributed by atoms with E-state index in [0.29, 0.717) is 29.8 Å². The van der Waals surface area contributed by atoms with Gasteiger partial charge in [0.05, 0.1) is 0 Å².